The highest BCUT2D eigenvalue weighted by Crippen LogP contribution is 2.31. The zero-order valence-electron chi connectivity index (χ0n) is 20.7. The number of aromatic carboxylic acids is 1. The van der Waals surface area contributed by atoms with E-state index >= 15 is 0 Å². The second kappa shape index (κ2) is 11.4. The Morgan fingerprint density at radius 2 is 1.78 bits per heavy atom. The summed E-state index contributed by atoms with van der Waals surface area (Å²) >= 11 is 0. The van der Waals surface area contributed by atoms with Crippen molar-refractivity contribution in [3.05, 3.63) is 105 Å². The number of ether oxygens (including phenoxy) is 2. The van der Waals surface area contributed by atoms with Crippen LogP contribution in [0.2, 0.25) is 0 Å². The Labute approximate surface area is 214 Å². The minimum absolute atomic E-state index is 0.0206. The lowest BCUT2D eigenvalue weighted by Crippen LogP contribution is -2.37. The number of benzene rings is 3. The Hall–Kier alpha value is -4.59. The number of methoxy groups -OCH3 is 1. The van der Waals surface area contributed by atoms with Crippen LogP contribution in [0.5, 0.6) is 11.5 Å². The SMILES string of the molecule is COc1cccc(C(=O)O)c1OCC(=O)N(CCc1ccccc1)Cc1cc2ccc(C)cc2[nH]c1=O. The molecule has 0 saturated heterocycles. The number of amides is 1. The van der Waals surface area contributed by atoms with Crippen LogP contribution in [0.4, 0.5) is 0 Å². The fourth-order valence-corrected chi connectivity index (χ4v) is 4.10. The van der Waals surface area contributed by atoms with Gasteiger partial charge in [-0.05, 0) is 54.1 Å². The molecule has 37 heavy (non-hydrogen) atoms. The number of aryl methyl sites for hydroxylation is 1. The first kappa shape index (κ1) is 25.5. The van der Waals surface area contributed by atoms with E-state index in [9.17, 15) is 19.5 Å². The van der Waals surface area contributed by atoms with Gasteiger partial charge < -0.3 is 24.5 Å². The number of pyridine rings is 1. The van der Waals surface area contributed by atoms with Crippen molar-refractivity contribution in [2.45, 2.75) is 19.9 Å². The van der Waals surface area contributed by atoms with Crippen molar-refractivity contribution in [1.29, 1.82) is 0 Å². The van der Waals surface area contributed by atoms with Gasteiger partial charge in [-0.2, -0.15) is 0 Å². The molecule has 8 nitrogen and oxygen atoms in total. The summed E-state index contributed by atoms with van der Waals surface area (Å²) in [6, 6.07) is 21.8. The van der Waals surface area contributed by atoms with Crippen LogP contribution in [-0.2, 0) is 17.8 Å². The molecule has 0 fully saturated rings. The summed E-state index contributed by atoms with van der Waals surface area (Å²) in [6.45, 7) is 1.95. The second-order valence-electron chi connectivity index (χ2n) is 8.70. The summed E-state index contributed by atoms with van der Waals surface area (Å²) in [4.78, 5) is 42.3. The Morgan fingerprint density at radius 1 is 1.00 bits per heavy atom. The van der Waals surface area contributed by atoms with Gasteiger partial charge in [0.2, 0.25) is 0 Å². The van der Waals surface area contributed by atoms with Crippen LogP contribution in [0.25, 0.3) is 10.9 Å². The number of carbonyl (C=O) groups excluding carboxylic acids is 1. The summed E-state index contributed by atoms with van der Waals surface area (Å²) < 4.78 is 10.9. The first-order valence-corrected chi connectivity index (χ1v) is 11.8. The third-order valence-corrected chi connectivity index (χ3v) is 6.07. The molecule has 8 heteroatoms. The average molecular weight is 501 g/mol. The molecule has 0 radical (unpaired) electrons. The normalized spacial score (nSPS) is 10.8. The third kappa shape index (κ3) is 6.16. The van der Waals surface area contributed by atoms with Gasteiger partial charge in [-0.3, -0.25) is 9.59 Å². The maximum atomic E-state index is 13.3. The predicted molar refractivity (Wildman–Crippen MR) is 140 cm³/mol. The Morgan fingerprint density at radius 3 is 2.51 bits per heavy atom. The molecule has 0 spiro atoms. The molecule has 0 aliphatic rings. The predicted octanol–water partition coefficient (Wildman–Crippen LogP) is 4.19. The van der Waals surface area contributed by atoms with Crippen molar-refractivity contribution in [3.63, 3.8) is 0 Å². The molecular formula is C29H28N2O6. The molecular weight excluding hydrogens is 472 g/mol. The van der Waals surface area contributed by atoms with Crippen molar-refractivity contribution < 1.29 is 24.2 Å². The zero-order chi connectivity index (χ0) is 26.4. The van der Waals surface area contributed by atoms with E-state index in [1.807, 2.05) is 55.5 Å². The summed E-state index contributed by atoms with van der Waals surface area (Å²) in [7, 11) is 1.40. The van der Waals surface area contributed by atoms with E-state index in [2.05, 4.69) is 4.98 Å². The van der Waals surface area contributed by atoms with Crippen LogP contribution >= 0.6 is 0 Å². The maximum absolute atomic E-state index is 13.3. The number of fused-ring (bicyclic) bond motifs is 1. The lowest BCUT2D eigenvalue weighted by Gasteiger charge is -2.23. The molecule has 0 aliphatic carbocycles. The highest BCUT2D eigenvalue weighted by Gasteiger charge is 2.21. The summed E-state index contributed by atoms with van der Waals surface area (Å²) in [5, 5.41) is 10.4. The molecule has 0 unspecified atom stereocenters. The van der Waals surface area contributed by atoms with Gasteiger partial charge in [0.15, 0.2) is 18.1 Å². The summed E-state index contributed by atoms with van der Waals surface area (Å²) in [6.07, 6.45) is 0.576. The Bertz CT molecular complexity index is 1480. The Kier molecular flexibility index (Phi) is 7.88. The molecule has 0 atom stereocenters. The molecule has 1 aromatic heterocycles. The number of rotatable bonds is 10. The molecule has 4 rings (SSSR count). The van der Waals surface area contributed by atoms with Crippen molar-refractivity contribution >= 4 is 22.8 Å². The topological polar surface area (TPSA) is 109 Å². The second-order valence-corrected chi connectivity index (χ2v) is 8.70. The van der Waals surface area contributed by atoms with Crippen molar-refractivity contribution in [3.8, 4) is 11.5 Å². The fourth-order valence-electron chi connectivity index (χ4n) is 4.10. The standard InChI is InChI=1S/C29H28N2O6/c1-19-11-12-21-16-22(28(33)30-24(21)15-19)17-31(14-13-20-7-4-3-5-8-20)26(32)18-37-27-23(29(34)35)9-6-10-25(27)36-2/h3-12,15-16H,13-14,17-18H2,1-2H3,(H,30,33)(H,34,35). The smallest absolute Gasteiger partial charge is 0.339 e. The van der Waals surface area contributed by atoms with E-state index in [4.69, 9.17) is 9.47 Å². The number of nitrogens with one attached hydrogen (secondary N) is 1. The Balaban J connectivity index is 1.59. The number of aromatic amines is 1. The number of nitrogens with zero attached hydrogens (tertiary/aromatic N) is 1. The first-order chi connectivity index (χ1) is 17.9. The number of carbonyl (C=O) groups is 2. The van der Waals surface area contributed by atoms with E-state index in [1.54, 1.807) is 17.0 Å². The molecule has 3 aromatic carbocycles. The van der Waals surface area contributed by atoms with E-state index in [-0.39, 0.29) is 35.1 Å². The van der Waals surface area contributed by atoms with Crippen LogP contribution in [0.15, 0.2) is 77.6 Å². The van der Waals surface area contributed by atoms with Crippen LogP contribution in [0.3, 0.4) is 0 Å². The van der Waals surface area contributed by atoms with Crippen LogP contribution in [-0.4, -0.2) is 47.1 Å². The number of hydrogen-bond donors (Lipinski definition) is 2. The number of hydrogen-bond acceptors (Lipinski definition) is 5. The van der Waals surface area contributed by atoms with Crippen LogP contribution in [0.1, 0.15) is 27.0 Å². The van der Waals surface area contributed by atoms with E-state index in [1.165, 1.54) is 19.2 Å². The van der Waals surface area contributed by atoms with E-state index in [0.29, 0.717) is 18.5 Å². The highest BCUT2D eigenvalue weighted by atomic mass is 16.5. The van der Waals surface area contributed by atoms with Crippen LogP contribution < -0.4 is 15.0 Å². The lowest BCUT2D eigenvalue weighted by atomic mass is 10.1. The monoisotopic (exact) mass is 500 g/mol. The third-order valence-electron chi connectivity index (χ3n) is 6.07. The van der Waals surface area contributed by atoms with Gasteiger partial charge in [0, 0.05) is 17.6 Å². The van der Waals surface area contributed by atoms with Gasteiger partial charge in [0.25, 0.3) is 11.5 Å². The fraction of sp³-hybridized carbons (Fsp3) is 0.207. The molecule has 1 amide bonds. The van der Waals surface area contributed by atoms with Gasteiger partial charge in [0.1, 0.15) is 5.56 Å². The zero-order valence-corrected chi connectivity index (χ0v) is 20.7. The summed E-state index contributed by atoms with van der Waals surface area (Å²) in [5.74, 6) is -1.39. The number of aromatic nitrogens is 1. The quantitative estimate of drug-likeness (QED) is 0.338. The molecule has 0 saturated carbocycles. The average Bonchev–Trinajstić information content (AvgIpc) is 2.90. The van der Waals surface area contributed by atoms with Gasteiger partial charge in [0.05, 0.1) is 13.7 Å². The van der Waals surface area contributed by atoms with Gasteiger partial charge in [-0.1, -0.05) is 48.5 Å². The number of carboxylic acids is 1. The number of H-pyrrole nitrogens is 1. The molecule has 190 valence electrons. The van der Waals surface area contributed by atoms with Crippen molar-refractivity contribution in [2.24, 2.45) is 0 Å². The first-order valence-electron chi connectivity index (χ1n) is 11.8. The van der Waals surface area contributed by atoms with Gasteiger partial charge in [-0.25, -0.2) is 4.79 Å². The largest absolute Gasteiger partial charge is 0.493 e. The molecule has 0 bridgehead atoms. The van der Waals surface area contributed by atoms with Gasteiger partial charge >= 0.3 is 5.97 Å². The van der Waals surface area contributed by atoms with E-state index in [0.717, 1.165) is 22.0 Å². The molecule has 0 aliphatic heterocycles. The summed E-state index contributed by atoms with van der Waals surface area (Å²) in [5.41, 5.74) is 2.88. The molecule has 2 N–H and O–H groups in total. The maximum Gasteiger partial charge on any atom is 0.339 e. The molecule has 1 heterocycles. The van der Waals surface area contributed by atoms with Gasteiger partial charge in [-0.15, -0.1) is 0 Å². The van der Waals surface area contributed by atoms with E-state index < -0.39 is 12.6 Å². The van der Waals surface area contributed by atoms with Crippen molar-refractivity contribution in [2.75, 3.05) is 20.3 Å². The number of carboxylic acid groups (broad SMARTS) is 1. The lowest BCUT2D eigenvalue weighted by molar-refractivity contribution is -0.134. The minimum atomic E-state index is -1.19. The molecule has 4 aromatic rings. The van der Waals surface area contributed by atoms with Crippen LogP contribution in [0, 0.1) is 6.92 Å². The minimum Gasteiger partial charge on any atom is -0.493 e. The van der Waals surface area contributed by atoms with Crippen molar-refractivity contribution in [1.82, 2.24) is 9.88 Å². The highest BCUT2D eigenvalue weighted by molar-refractivity contribution is 5.92. The number of para-hydroxylation sites is 1.